The number of anilines is 2. The number of nitrogens with one attached hydrogen (secondary N) is 3. The summed E-state index contributed by atoms with van der Waals surface area (Å²) in [7, 11) is 0. The number of aromatic nitrogens is 4. The standard InChI is InChI=1S/C28H43F3N8O2/c1-7-18-9-10-21(32-15-18)34-24-23-22(20(16-40-8-2)37-39(23)11-12-41-17-28(29,30)31)35-25(36-24)33-19-13-26(3,4)38-27(5,6)14-19/h9-10,18-19,38H,7-8,11-17H2,1-6H3,(H2,32,33,34,35,36). The molecule has 0 saturated carbocycles. The van der Waals surface area contributed by atoms with Gasteiger partial charge >= 0.3 is 6.18 Å². The Hall–Kier alpha value is -2.77. The van der Waals surface area contributed by atoms with Gasteiger partial charge in [-0.1, -0.05) is 13.0 Å². The summed E-state index contributed by atoms with van der Waals surface area (Å²) in [5.41, 5.74) is 1.53. The quantitative estimate of drug-likeness (QED) is 0.316. The molecule has 10 nitrogen and oxygen atoms in total. The van der Waals surface area contributed by atoms with E-state index >= 15 is 0 Å². The van der Waals surface area contributed by atoms with Gasteiger partial charge in [-0.3, -0.25) is 9.67 Å². The number of nitrogens with zero attached hydrogens (tertiary/aromatic N) is 5. The van der Waals surface area contributed by atoms with E-state index in [-0.39, 0.29) is 36.9 Å². The van der Waals surface area contributed by atoms with Crippen LogP contribution in [-0.2, 0) is 22.6 Å². The molecular formula is C28H43F3N8O2. The Morgan fingerprint density at radius 2 is 1.83 bits per heavy atom. The van der Waals surface area contributed by atoms with Gasteiger partial charge in [0.25, 0.3) is 0 Å². The Balaban J connectivity index is 1.71. The third-order valence-electron chi connectivity index (χ3n) is 7.13. The first-order valence-electron chi connectivity index (χ1n) is 14.3. The molecule has 1 unspecified atom stereocenters. The van der Waals surface area contributed by atoms with E-state index in [9.17, 15) is 13.2 Å². The van der Waals surface area contributed by atoms with Crippen LogP contribution in [0.15, 0.2) is 17.1 Å². The van der Waals surface area contributed by atoms with Crippen molar-refractivity contribution in [2.75, 3.05) is 37.0 Å². The van der Waals surface area contributed by atoms with Gasteiger partial charge in [-0.2, -0.15) is 23.3 Å². The van der Waals surface area contributed by atoms with Crippen molar-refractivity contribution >= 4 is 28.6 Å². The molecule has 0 amide bonds. The van der Waals surface area contributed by atoms with Crippen LogP contribution in [0.4, 0.5) is 24.9 Å². The molecule has 0 bridgehead atoms. The van der Waals surface area contributed by atoms with Crippen molar-refractivity contribution < 1.29 is 22.6 Å². The number of alkyl halides is 3. The van der Waals surface area contributed by atoms with Crippen LogP contribution in [0.1, 0.15) is 66.5 Å². The van der Waals surface area contributed by atoms with Crippen LogP contribution in [0.3, 0.4) is 0 Å². The summed E-state index contributed by atoms with van der Waals surface area (Å²) < 4.78 is 50.1. The first kappa shape index (κ1) is 31.2. The van der Waals surface area contributed by atoms with Gasteiger partial charge in [-0.25, -0.2) is 4.98 Å². The summed E-state index contributed by atoms with van der Waals surface area (Å²) in [6, 6.07) is 0.116. The Morgan fingerprint density at radius 1 is 1.10 bits per heavy atom. The van der Waals surface area contributed by atoms with Crippen LogP contribution >= 0.6 is 0 Å². The average molecular weight is 581 g/mol. The number of hydrogen-bond donors (Lipinski definition) is 3. The predicted octanol–water partition coefficient (Wildman–Crippen LogP) is 5.07. The second-order valence-electron chi connectivity index (χ2n) is 12.1. The molecule has 13 heteroatoms. The van der Waals surface area contributed by atoms with Gasteiger partial charge < -0.3 is 25.4 Å². The summed E-state index contributed by atoms with van der Waals surface area (Å²) in [6.45, 7) is 12.7. The molecule has 1 fully saturated rings. The van der Waals surface area contributed by atoms with Crippen molar-refractivity contribution in [2.24, 2.45) is 10.9 Å². The minimum absolute atomic E-state index is 0.0799. The number of piperidine rings is 1. The predicted molar refractivity (Wildman–Crippen MR) is 154 cm³/mol. The molecule has 0 aromatic carbocycles. The highest BCUT2D eigenvalue weighted by Gasteiger charge is 2.38. The van der Waals surface area contributed by atoms with Crippen LogP contribution in [0, 0.1) is 5.92 Å². The van der Waals surface area contributed by atoms with E-state index in [4.69, 9.17) is 19.4 Å². The Bertz CT molecular complexity index is 1240. The van der Waals surface area contributed by atoms with E-state index < -0.39 is 12.8 Å². The topological polar surface area (TPSA) is 111 Å². The van der Waals surface area contributed by atoms with E-state index in [2.05, 4.69) is 66.7 Å². The van der Waals surface area contributed by atoms with Crippen LogP contribution in [0.25, 0.3) is 11.0 Å². The number of fused-ring (bicyclic) bond motifs is 1. The number of aliphatic imine (C=N–C) groups is 1. The highest BCUT2D eigenvalue weighted by atomic mass is 19.4. The number of amidine groups is 1. The van der Waals surface area contributed by atoms with Gasteiger partial charge in [0, 0.05) is 30.3 Å². The summed E-state index contributed by atoms with van der Waals surface area (Å²) in [6.07, 6.45) is 2.39. The molecule has 0 spiro atoms. The summed E-state index contributed by atoms with van der Waals surface area (Å²) in [5, 5.41) is 15.3. The minimum Gasteiger partial charge on any atom is -0.375 e. The third-order valence-corrected chi connectivity index (χ3v) is 7.13. The Kier molecular flexibility index (Phi) is 9.59. The fraction of sp³-hybridized carbons (Fsp3) is 0.714. The molecular weight excluding hydrogens is 537 g/mol. The average Bonchev–Trinajstić information content (AvgIpc) is 3.21. The molecule has 228 valence electrons. The molecule has 2 aliphatic rings. The van der Waals surface area contributed by atoms with Gasteiger partial charge in [-0.15, -0.1) is 0 Å². The molecule has 0 radical (unpaired) electrons. The first-order chi connectivity index (χ1) is 19.3. The zero-order valence-electron chi connectivity index (χ0n) is 24.9. The summed E-state index contributed by atoms with van der Waals surface area (Å²) in [5.74, 6) is 1.94. The SMILES string of the molecule is CCOCc1nn(CCOCC(F)(F)F)c2c(NC3=NCC(CC)C=C3)nc(NC3CC(C)(C)NC(C)(C)C3)nc12. The van der Waals surface area contributed by atoms with Crippen molar-refractivity contribution in [3.8, 4) is 0 Å². The number of rotatable bonds is 11. The molecule has 41 heavy (non-hydrogen) atoms. The van der Waals surface area contributed by atoms with E-state index in [0.717, 1.165) is 19.3 Å². The van der Waals surface area contributed by atoms with Crippen LogP contribution in [0.5, 0.6) is 0 Å². The lowest BCUT2D eigenvalue weighted by Crippen LogP contribution is -2.60. The number of ether oxygens (including phenoxy) is 2. The van der Waals surface area contributed by atoms with E-state index in [1.807, 2.05) is 13.0 Å². The van der Waals surface area contributed by atoms with Crippen molar-refractivity contribution in [1.29, 1.82) is 0 Å². The van der Waals surface area contributed by atoms with Crippen molar-refractivity contribution in [3.63, 3.8) is 0 Å². The molecule has 4 rings (SSSR count). The molecule has 4 heterocycles. The Labute approximate surface area is 239 Å². The summed E-state index contributed by atoms with van der Waals surface area (Å²) in [4.78, 5) is 14.4. The second kappa shape index (κ2) is 12.6. The molecule has 3 N–H and O–H groups in total. The smallest absolute Gasteiger partial charge is 0.375 e. The van der Waals surface area contributed by atoms with Crippen LogP contribution in [-0.4, -0.2) is 75.2 Å². The largest absolute Gasteiger partial charge is 0.411 e. The normalized spacial score (nSPS) is 20.8. The molecule has 1 atom stereocenters. The minimum atomic E-state index is -4.40. The lowest BCUT2D eigenvalue weighted by molar-refractivity contribution is -0.174. The van der Waals surface area contributed by atoms with E-state index in [1.165, 1.54) is 0 Å². The molecule has 2 aromatic heterocycles. The fourth-order valence-electron chi connectivity index (χ4n) is 5.72. The fourth-order valence-corrected chi connectivity index (χ4v) is 5.72. The maximum Gasteiger partial charge on any atom is 0.411 e. The van der Waals surface area contributed by atoms with Crippen LogP contribution in [0.2, 0.25) is 0 Å². The maximum atomic E-state index is 12.7. The molecule has 1 saturated heterocycles. The monoisotopic (exact) mass is 580 g/mol. The van der Waals surface area contributed by atoms with Gasteiger partial charge in [0.05, 0.1) is 19.8 Å². The highest BCUT2D eigenvalue weighted by Crippen LogP contribution is 2.32. The first-order valence-corrected chi connectivity index (χ1v) is 14.3. The molecule has 2 aromatic rings. The third kappa shape index (κ3) is 8.62. The molecule has 0 aliphatic carbocycles. The number of halogens is 3. The van der Waals surface area contributed by atoms with Gasteiger partial charge in [0.15, 0.2) is 5.82 Å². The van der Waals surface area contributed by atoms with Crippen molar-refractivity contribution in [1.82, 2.24) is 25.1 Å². The van der Waals surface area contributed by atoms with Crippen molar-refractivity contribution in [3.05, 3.63) is 17.8 Å². The summed E-state index contributed by atoms with van der Waals surface area (Å²) >= 11 is 0. The zero-order chi connectivity index (χ0) is 29.8. The van der Waals surface area contributed by atoms with Gasteiger partial charge in [-0.05, 0) is 65.9 Å². The highest BCUT2D eigenvalue weighted by molar-refractivity contribution is 6.07. The lowest BCUT2D eigenvalue weighted by atomic mass is 9.80. The van der Waals surface area contributed by atoms with Crippen LogP contribution < -0.4 is 16.0 Å². The van der Waals surface area contributed by atoms with E-state index in [0.29, 0.717) is 53.4 Å². The molecule has 2 aliphatic heterocycles. The Morgan fingerprint density at radius 3 is 2.44 bits per heavy atom. The van der Waals surface area contributed by atoms with Gasteiger partial charge in [0.2, 0.25) is 5.95 Å². The zero-order valence-corrected chi connectivity index (χ0v) is 24.9. The van der Waals surface area contributed by atoms with Gasteiger partial charge in [0.1, 0.15) is 29.2 Å². The number of dihydropyridines is 1. The second-order valence-corrected chi connectivity index (χ2v) is 12.1. The lowest BCUT2D eigenvalue weighted by Gasteiger charge is -2.46. The number of hydrogen-bond acceptors (Lipinski definition) is 9. The van der Waals surface area contributed by atoms with Crippen molar-refractivity contribution in [2.45, 2.75) is 97.3 Å². The van der Waals surface area contributed by atoms with E-state index in [1.54, 1.807) is 4.68 Å². The maximum absolute atomic E-state index is 12.7.